The first-order chi connectivity index (χ1) is 17.9. The summed E-state index contributed by atoms with van der Waals surface area (Å²) in [5.41, 5.74) is 1.17. The van der Waals surface area contributed by atoms with Gasteiger partial charge in [-0.05, 0) is 24.8 Å². The maximum atomic E-state index is 13.6. The fourth-order valence-corrected chi connectivity index (χ4v) is 5.56. The van der Waals surface area contributed by atoms with Crippen LogP contribution < -0.4 is 5.32 Å². The molecule has 0 radical (unpaired) electrons. The van der Waals surface area contributed by atoms with Crippen molar-refractivity contribution in [2.24, 2.45) is 11.8 Å². The van der Waals surface area contributed by atoms with Gasteiger partial charge in [-0.2, -0.15) is 0 Å². The number of hydrogen-bond donors (Lipinski definition) is 2. The molecule has 4 bridgehead atoms. The smallest absolute Gasteiger partial charge is 0.410 e. The van der Waals surface area contributed by atoms with Crippen molar-refractivity contribution in [2.75, 3.05) is 33.4 Å². The molecule has 10 heteroatoms. The quantitative estimate of drug-likeness (QED) is 0.545. The van der Waals surface area contributed by atoms with E-state index in [-0.39, 0.29) is 30.7 Å². The molecular formula is C27H39N3O7. The van der Waals surface area contributed by atoms with Gasteiger partial charge in [0.15, 0.2) is 0 Å². The predicted molar refractivity (Wildman–Crippen MR) is 135 cm³/mol. The van der Waals surface area contributed by atoms with Gasteiger partial charge in [-0.15, -0.1) is 0 Å². The van der Waals surface area contributed by atoms with Crippen LogP contribution in [0.1, 0.15) is 45.4 Å². The van der Waals surface area contributed by atoms with Gasteiger partial charge in [-0.3, -0.25) is 10.1 Å². The van der Waals surface area contributed by atoms with Gasteiger partial charge in [0.25, 0.3) is 0 Å². The highest BCUT2D eigenvalue weighted by atomic mass is 16.6. The number of fused-ring (bicyclic) bond motifs is 3. The number of carbonyl (C=O) groups excluding carboxylic acids is 3. The summed E-state index contributed by atoms with van der Waals surface area (Å²) in [6.07, 6.45) is 11.8. The monoisotopic (exact) mass is 517 g/mol. The molecule has 1 aliphatic carbocycles. The molecule has 2 N–H and O–H groups in total. The minimum absolute atomic E-state index is 0.0834. The lowest BCUT2D eigenvalue weighted by Gasteiger charge is -2.29. The van der Waals surface area contributed by atoms with Crippen LogP contribution in [0.4, 0.5) is 4.79 Å². The Morgan fingerprint density at radius 2 is 2.11 bits per heavy atom. The van der Waals surface area contributed by atoms with Gasteiger partial charge in [-0.25, -0.2) is 9.59 Å². The fourth-order valence-electron chi connectivity index (χ4n) is 5.56. The molecule has 0 aromatic heterocycles. The normalized spacial score (nSPS) is 33.8. The zero-order valence-corrected chi connectivity index (χ0v) is 21.7. The summed E-state index contributed by atoms with van der Waals surface area (Å²) in [4.78, 5) is 42.4. The molecule has 4 aliphatic rings. The van der Waals surface area contributed by atoms with E-state index in [1.807, 2.05) is 13.0 Å². The van der Waals surface area contributed by atoms with Crippen molar-refractivity contribution < 1.29 is 33.7 Å². The summed E-state index contributed by atoms with van der Waals surface area (Å²) < 4.78 is 16.3. The summed E-state index contributed by atoms with van der Waals surface area (Å²) in [5.74, 6) is -0.491. The Labute approximate surface area is 218 Å². The molecule has 204 valence electrons. The second-order valence-corrected chi connectivity index (χ2v) is 10.1. The molecule has 2 unspecified atom stereocenters. The van der Waals surface area contributed by atoms with E-state index in [9.17, 15) is 19.5 Å². The lowest BCUT2D eigenvalue weighted by atomic mass is 9.84. The number of aliphatic hydroxyl groups is 1. The average molecular weight is 518 g/mol. The highest BCUT2D eigenvalue weighted by Crippen LogP contribution is 2.35. The topological polar surface area (TPSA) is 118 Å². The van der Waals surface area contributed by atoms with E-state index in [1.165, 1.54) is 17.6 Å². The van der Waals surface area contributed by atoms with Gasteiger partial charge < -0.3 is 29.1 Å². The molecule has 2 amide bonds. The number of allylic oxidation sites excluding steroid dienone is 4. The van der Waals surface area contributed by atoms with Crippen LogP contribution in [0.2, 0.25) is 0 Å². The molecular weight excluding hydrogens is 478 g/mol. The first kappa shape index (κ1) is 27.3. The maximum absolute atomic E-state index is 13.6. The van der Waals surface area contributed by atoms with Crippen LogP contribution in [-0.4, -0.2) is 90.8 Å². The zero-order chi connectivity index (χ0) is 26.4. The van der Waals surface area contributed by atoms with E-state index in [4.69, 9.17) is 14.2 Å². The van der Waals surface area contributed by atoms with Crippen LogP contribution in [0, 0.1) is 11.8 Å². The van der Waals surface area contributed by atoms with E-state index in [0.29, 0.717) is 32.5 Å². The number of esters is 1. The van der Waals surface area contributed by atoms with Gasteiger partial charge in [0.2, 0.25) is 12.3 Å². The molecule has 3 heterocycles. The standard InChI is InChI=1S/C27H39N3O7/c1-3-4-12-22-24(31)30-16-20(14-23(30)25(32)35-2)37-27(34)29-15-19-11-8-10-18(21(19)17-29)9-6-5-7-13-36-26(33)28-22/h6,8-11,19-23,26,28,33H,3-5,7,12-17H2,1-2H3/b9-6+/t19?,20-,21+,22+,23+,26?/m1/s1. The number of rotatable bonds is 4. The lowest BCUT2D eigenvalue weighted by Crippen LogP contribution is -2.53. The fraction of sp³-hybridized carbons (Fsp3) is 0.667. The van der Waals surface area contributed by atoms with Crippen LogP contribution in [0.15, 0.2) is 36.0 Å². The Kier molecular flexibility index (Phi) is 9.39. The molecule has 0 spiro atoms. The molecule has 37 heavy (non-hydrogen) atoms. The molecule has 0 aromatic carbocycles. The van der Waals surface area contributed by atoms with Crippen LogP contribution in [0.5, 0.6) is 0 Å². The van der Waals surface area contributed by atoms with Crippen molar-refractivity contribution in [1.82, 2.24) is 15.1 Å². The van der Waals surface area contributed by atoms with Crippen molar-refractivity contribution in [3.05, 3.63) is 36.0 Å². The summed E-state index contributed by atoms with van der Waals surface area (Å²) in [6.45, 7) is 3.54. The van der Waals surface area contributed by atoms with Gasteiger partial charge in [0, 0.05) is 31.3 Å². The lowest BCUT2D eigenvalue weighted by molar-refractivity contribution is -0.156. The third kappa shape index (κ3) is 6.61. The minimum Gasteiger partial charge on any atom is -0.467 e. The van der Waals surface area contributed by atoms with E-state index >= 15 is 0 Å². The second kappa shape index (κ2) is 12.7. The third-order valence-electron chi connectivity index (χ3n) is 7.57. The van der Waals surface area contributed by atoms with E-state index in [0.717, 1.165) is 19.3 Å². The Morgan fingerprint density at radius 1 is 1.27 bits per heavy atom. The molecule has 2 saturated heterocycles. The van der Waals surface area contributed by atoms with Crippen LogP contribution in [0.3, 0.4) is 0 Å². The highest BCUT2D eigenvalue weighted by Gasteiger charge is 2.45. The number of carbonyl (C=O) groups is 3. The van der Waals surface area contributed by atoms with Gasteiger partial charge in [0.05, 0.1) is 26.3 Å². The summed E-state index contributed by atoms with van der Waals surface area (Å²) in [7, 11) is 1.28. The number of amides is 2. The van der Waals surface area contributed by atoms with Gasteiger partial charge in [-0.1, -0.05) is 50.1 Å². The van der Waals surface area contributed by atoms with Gasteiger partial charge >= 0.3 is 12.1 Å². The summed E-state index contributed by atoms with van der Waals surface area (Å²) in [5, 5.41) is 13.3. The second-order valence-electron chi connectivity index (χ2n) is 10.1. The maximum Gasteiger partial charge on any atom is 0.410 e. The third-order valence-corrected chi connectivity index (χ3v) is 7.57. The summed E-state index contributed by atoms with van der Waals surface area (Å²) in [6, 6.07) is -1.62. The zero-order valence-electron chi connectivity index (χ0n) is 21.7. The number of unbranched alkanes of at least 4 members (excludes halogenated alkanes) is 1. The number of ether oxygens (including phenoxy) is 3. The largest absolute Gasteiger partial charge is 0.467 e. The molecule has 4 rings (SSSR count). The Bertz CT molecular complexity index is 933. The van der Waals surface area contributed by atoms with Crippen molar-refractivity contribution in [3.63, 3.8) is 0 Å². The molecule has 0 saturated carbocycles. The average Bonchev–Trinajstić information content (AvgIpc) is 3.52. The van der Waals surface area contributed by atoms with Crippen molar-refractivity contribution in [1.29, 1.82) is 0 Å². The van der Waals surface area contributed by atoms with Crippen LogP contribution in [0.25, 0.3) is 0 Å². The van der Waals surface area contributed by atoms with Crippen LogP contribution >= 0.6 is 0 Å². The highest BCUT2D eigenvalue weighted by molar-refractivity contribution is 5.88. The first-order valence-corrected chi connectivity index (χ1v) is 13.4. The number of nitrogens with one attached hydrogen (secondary N) is 1. The van der Waals surface area contributed by atoms with E-state index in [1.54, 1.807) is 4.90 Å². The SMILES string of the molecule is CCCC[C@@H]1NC(O)OCCC/C=C/C2=CC=CC3CN(C[C@@H]23)C(=O)O[C@@H]2C[C@@H](C(=O)OC)N(C2)C1=O. The minimum atomic E-state index is -1.32. The predicted octanol–water partition coefficient (Wildman–Crippen LogP) is 2.10. The molecule has 2 fully saturated rings. The molecule has 3 aliphatic heterocycles. The van der Waals surface area contributed by atoms with Crippen molar-refractivity contribution in [2.45, 2.75) is 70.1 Å². The van der Waals surface area contributed by atoms with Crippen molar-refractivity contribution in [3.8, 4) is 0 Å². The van der Waals surface area contributed by atoms with E-state index < -0.39 is 36.7 Å². The Morgan fingerprint density at radius 3 is 2.89 bits per heavy atom. The first-order valence-electron chi connectivity index (χ1n) is 13.4. The van der Waals surface area contributed by atoms with Gasteiger partial charge in [0.1, 0.15) is 12.1 Å². The molecule has 6 atom stereocenters. The Balaban J connectivity index is 1.56. The number of methoxy groups -OCH3 is 1. The molecule has 10 nitrogen and oxygen atoms in total. The summed E-state index contributed by atoms with van der Waals surface area (Å²) >= 11 is 0. The number of hydrogen-bond acceptors (Lipinski definition) is 8. The van der Waals surface area contributed by atoms with Crippen LogP contribution in [-0.2, 0) is 23.8 Å². The Hall–Kier alpha value is -2.69. The number of nitrogens with zero attached hydrogens (tertiary/aromatic N) is 2. The molecule has 0 aromatic rings. The van der Waals surface area contributed by atoms with Crippen molar-refractivity contribution >= 4 is 18.0 Å². The van der Waals surface area contributed by atoms with E-state index in [2.05, 4.69) is 29.6 Å². The number of aliphatic hydroxyl groups excluding tert-OH is 1.